The van der Waals surface area contributed by atoms with E-state index >= 15 is 0 Å². The first-order valence-electron chi connectivity index (χ1n) is 12.3. The fourth-order valence-corrected chi connectivity index (χ4v) is 3.43. The minimum absolute atomic E-state index is 0.399. The number of hydrogen-bond acceptors (Lipinski definition) is 6. The van der Waals surface area contributed by atoms with Crippen LogP contribution in [0.1, 0.15) is 92.7 Å². The fraction of sp³-hybridized carbons (Fsp3) is 0.400. The maximum atomic E-state index is 9.46. The van der Waals surface area contributed by atoms with Gasteiger partial charge in [-0.05, 0) is 90.1 Å². The molecule has 0 aliphatic rings. The van der Waals surface area contributed by atoms with Gasteiger partial charge >= 0.3 is 8.60 Å². The highest BCUT2D eigenvalue weighted by atomic mass is 31.2. The molecule has 0 heterocycles. The molecule has 0 unspecified atom stereocenters. The monoisotopic (exact) mass is 532 g/mol. The molecule has 0 atom stereocenters. The highest BCUT2D eigenvalue weighted by Crippen LogP contribution is 2.27. The van der Waals surface area contributed by atoms with E-state index in [4.69, 9.17) is 14.7 Å². The van der Waals surface area contributed by atoms with E-state index in [1.165, 1.54) is 0 Å². The molecule has 3 aromatic carbocycles. The van der Waals surface area contributed by atoms with Gasteiger partial charge in [0.1, 0.15) is 17.2 Å². The van der Waals surface area contributed by atoms with Crippen molar-refractivity contribution in [1.29, 1.82) is 0 Å². The van der Waals surface area contributed by atoms with Crippen molar-refractivity contribution in [3.63, 3.8) is 0 Å². The van der Waals surface area contributed by atoms with Gasteiger partial charge in [0.05, 0.1) is 0 Å². The number of aromatic hydroxyl groups is 3. The molecule has 0 aliphatic heterocycles. The molecular formula is C30H45O6P. The van der Waals surface area contributed by atoms with Gasteiger partial charge in [0.2, 0.25) is 0 Å². The molecule has 6 N–H and O–H groups in total. The van der Waals surface area contributed by atoms with Crippen LogP contribution in [0.15, 0.2) is 54.6 Å². The molecule has 7 heteroatoms. The molecule has 0 spiro atoms. The van der Waals surface area contributed by atoms with Gasteiger partial charge in [0.15, 0.2) is 0 Å². The molecule has 0 aliphatic carbocycles. The second-order valence-corrected chi connectivity index (χ2v) is 10.5. The predicted molar refractivity (Wildman–Crippen MR) is 154 cm³/mol. The molecule has 206 valence electrons. The molecule has 6 nitrogen and oxygen atoms in total. The Morgan fingerprint density at radius 3 is 0.784 bits per heavy atom. The average Bonchev–Trinajstić information content (AvgIpc) is 2.73. The Morgan fingerprint density at radius 2 is 0.649 bits per heavy atom. The van der Waals surface area contributed by atoms with E-state index < -0.39 is 8.60 Å². The van der Waals surface area contributed by atoms with Gasteiger partial charge in [-0.25, -0.2) is 0 Å². The maximum Gasteiger partial charge on any atom is 0.324 e. The van der Waals surface area contributed by atoms with Gasteiger partial charge in [-0.15, -0.1) is 0 Å². The Balaban J connectivity index is 0.000000490. The van der Waals surface area contributed by atoms with E-state index in [0.29, 0.717) is 35.0 Å². The van der Waals surface area contributed by atoms with Crippen molar-refractivity contribution in [2.24, 2.45) is 0 Å². The van der Waals surface area contributed by atoms with Crippen LogP contribution in [0.5, 0.6) is 17.2 Å². The summed E-state index contributed by atoms with van der Waals surface area (Å²) in [4.78, 5) is 21.7. The summed E-state index contributed by atoms with van der Waals surface area (Å²) >= 11 is 0. The van der Waals surface area contributed by atoms with Gasteiger partial charge in [0, 0.05) is 0 Å². The summed E-state index contributed by atoms with van der Waals surface area (Å²) in [5, 5.41) is 28.4. The summed E-state index contributed by atoms with van der Waals surface area (Å²) in [6, 6.07) is 17.4. The smallest absolute Gasteiger partial charge is 0.324 e. The molecule has 0 bridgehead atoms. The third-order valence-corrected chi connectivity index (χ3v) is 5.42. The molecule has 37 heavy (non-hydrogen) atoms. The van der Waals surface area contributed by atoms with Crippen molar-refractivity contribution in [2.75, 3.05) is 0 Å². The standard InChI is InChI=1S/3C10H14O.H3O3P/c3*1-7(2)9-5-4-8(3)6-10(9)11;1-4(2)3/h3*4-7,11H,1-3H3;1-3H. The number of rotatable bonds is 3. The Bertz CT molecular complexity index is 943. The molecule has 0 saturated carbocycles. The Labute approximate surface area is 223 Å². The third kappa shape index (κ3) is 14.0. The zero-order valence-corrected chi connectivity index (χ0v) is 24.5. The lowest BCUT2D eigenvalue weighted by atomic mass is 10.0. The Kier molecular flexibility index (Phi) is 15.8. The molecule has 3 rings (SSSR count). The second-order valence-electron chi connectivity index (χ2n) is 9.92. The van der Waals surface area contributed by atoms with Gasteiger partial charge in [-0.3, -0.25) is 0 Å². The summed E-state index contributed by atoms with van der Waals surface area (Å²) in [7, 11) is -2.62. The lowest BCUT2D eigenvalue weighted by Gasteiger charge is -2.07. The first kappa shape index (κ1) is 34.4. The number of benzene rings is 3. The average molecular weight is 533 g/mol. The summed E-state index contributed by atoms with van der Waals surface area (Å²) < 4.78 is 0. The Hall–Kier alpha value is -2.63. The molecule has 0 fully saturated rings. The second kappa shape index (κ2) is 17.0. The summed E-state index contributed by atoms with van der Waals surface area (Å²) in [6.07, 6.45) is 0. The first-order chi connectivity index (χ1) is 17.1. The molecule has 0 saturated heterocycles. The SMILES string of the molecule is Cc1ccc(C(C)C)c(O)c1.Cc1ccc(C(C)C)c(O)c1.Cc1ccc(C(C)C)c(O)c1.OP(O)O. The van der Waals surface area contributed by atoms with Gasteiger partial charge < -0.3 is 30.0 Å². The van der Waals surface area contributed by atoms with Crippen LogP contribution in [0.3, 0.4) is 0 Å². The van der Waals surface area contributed by atoms with E-state index in [2.05, 4.69) is 41.5 Å². The van der Waals surface area contributed by atoms with Crippen LogP contribution in [0.4, 0.5) is 0 Å². The minimum atomic E-state index is -2.62. The number of phenolic OH excluding ortho intramolecular Hbond substituents is 3. The normalized spacial score (nSPS) is 10.4. The van der Waals surface area contributed by atoms with E-state index in [1.54, 1.807) is 18.2 Å². The minimum Gasteiger partial charge on any atom is -0.508 e. The molecule has 0 radical (unpaired) electrons. The van der Waals surface area contributed by atoms with Crippen molar-refractivity contribution in [3.8, 4) is 17.2 Å². The van der Waals surface area contributed by atoms with Crippen LogP contribution in [-0.4, -0.2) is 30.0 Å². The zero-order chi connectivity index (χ0) is 28.9. The van der Waals surface area contributed by atoms with Crippen molar-refractivity contribution in [1.82, 2.24) is 0 Å². The van der Waals surface area contributed by atoms with E-state index in [9.17, 15) is 15.3 Å². The van der Waals surface area contributed by atoms with E-state index in [0.717, 1.165) is 33.4 Å². The lowest BCUT2D eigenvalue weighted by Crippen LogP contribution is -1.87. The number of aryl methyl sites for hydroxylation is 3. The van der Waals surface area contributed by atoms with E-state index in [1.807, 2.05) is 57.2 Å². The molecule has 3 aromatic rings. The number of hydrogen-bond donors (Lipinski definition) is 6. The van der Waals surface area contributed by atoms with Crippen LogP contribution in [-0.2, 0) is 0 Å². The Morgan fingerprint density at radius 1 is 0.459 bits per heavy atom. The predicted octanol–water partition coefficient (Wildman–Crippen LogP) is 7.66. The first-order valence-corrected chi connectivity index (χ1v) is 13.5. The van der Waals surface area contributed by atoms with Crippen LogP contribution in [0.25, 0.3) is 0 Å². The maximum absolute atomic E-state index is 9.46. The van der Waals surface area contributed by atoms with Crippen LogP contribution >= 0.6 is 8.60 Å². The topological polar surface area (TPSA) is 121 Å². The summed E-state index contributed by atoms with van der Waals surface area (Å²) in [6.45, 7) is 18.4. The zero-order valence-electron chi connectivity index (χ0n) is 23.6. The molecule has 0 amide bonds. The van der Waals surface area contributed by atoms with Crippen LogP contribution < -0.4 is 0 Å². The van der Waals surface area contributed by atoms with Crippen LogP contribution in [0.2, 0.25) is 0 Å². The summed E-state index contributed by atoms with van der Waals surface area (Å²) in [5.74, 6) is 2.45. The van der Waals surface area contributed by atoms with Gasteiger partial charge in [0.25, 0.3) is 0 Å². The van der Waals surface area contributed by atoms with Crippen LogP contribution in [0, 0.1) is 20.8 Å². The fourth-order valence-electron chi connectivity index (χ4n) is 3.43. The van der Waals surface area contributed by atoms with Crippen molar-refractivity contribution >= 4 is 8.60 Å². The van der Waals surface area contributed by atoms with E-state index in [-0.39, 0.29) is 0 Å². The molecule has 0 aromatic heterocycles. The van der Waals surface area contributed by atoms with Crippen molar-refractivity contribution in [2.45, 2.75) is 80.1 Å². The van der Waals surface area contributed by atoms with Gasteiger partial charge in [-0.1, -0.05) is 77.9 Å². The lowest BCUT2D eigenvalue weighted by molar-refractivity contribution is 0.368. The third-order valence-electron chi connectivity index (χ3n) is 5.42. The highest BCUT2D eigenvalue weighted by Gasteiger charge is 2.05. The molecular weight excluding hydrogens is 487 g/mol. The number of phenols is 3. The van der Waals surface area contributed by atoms with Crippen molar-refractivity contribution < 1.29 is 30.0 Å². The quantitative estimate of drug-likeness (QED) is 0.193. The van der Waals surface area contributed by atoms with Gasteiger partial charge in [-0.2, -0.15) is 0 Å². The largest absolute Gasteiger partial charge is 0.508 e. The van der Waals surface area contributed by atoms with Crippen molar-refractivity contribution in [3.05, 3.63) is 88.0 Å². The summed E-state index contributed by atoms with van der Waals surface area (Å²) in [5.41, 5.74) is 6.38. The highest BCUT2D eigenvalue weighted by molar-refractivity contribution is 7.38.